The van der Waals surface area contributed by atoms with E-state index in [-0.39, 0.29) is 0 Å². The maximum absolute atomic E-state index is 4.18. The number of hydrogen-bond donors (Lipinski definition) is 1. The van der Waals surface area contributed by atoms with Gasteiger partial charge < -0.3 is 5.32 Å². The van der Waals surface area contributed by atoms with Crippen molar-refractivity contribution in [3.05, 3.63) is 11.9 Å². The molecule has 0 saturated carbocycles. The summed E-state index contributed by atoms with van der Waals surface area (Å²) in [5.74, 6) is 1.25. The van der Waals surface area contributed by atoms with Crippen molar-refractivity contribution in [1.29, 1.82) is 0 Å². The van der Waals surface area contributed by atoms with E-state index in [0.717, 1.165) is 31.2 Å². The highest BCUT2D eigenvalue weighted by atomic mass is 15.4. The van der Waals surface area contributed by atoms with E-state index in [4.69, 9.17) is 0 Å². The van der Waals surface area contributed by atoms with Gasteiger partial charge >= 0.3 is 0 Å². The lowest BCUT2D eigenvalue weighted by molar-refractivity contribution is 0.318. The molecule has 2 rings (SSSR count). The number of nitrogens with one attached hydrogen (secondary N) is 1. The quantitative estimate of drug-likeness (QED) is 0.816. The van der Waals surface area contributed by atoms with Gasteiger partial charge in [-0.25, -0.2) is 0 Å². The summed E-state index contributed by atoms with van der Waals surface area (Å²) >= 11 is 0. The van der Waals surface area contributed by atoms with Crippen molar-refractivity contribution in [2.45, 2.75) is 39.2 Å². The largest absolute Gasteiger partial charge is 0.317 e. The van der Waals surface area contributed by atoms with Crippen molar-refractivity contribution in [3.63, 3.8) is 0 Å². The Kier molecular flexibility index (Phi) is 3.36. The van der Waals surface area contributed by atoms with Crippen LogP contribution in [0.1, 0.15) is 38.3 Å². The maximum Gasteiger partial charge on any atom is 0.0852 e. The van der Waals surface area contributed by atoms with Crippen molar-refractivity contribution in [2.75, 3.05) is 13.1 Å². The van der Waals surface area contributed by atoms with Crippen LogP contribution in [0.3, 0.4) is 0 Å². The zero-order valence-electron chi connectivity index (χ0n) is 9.61. The first-order valence-electron chi connectivity index (χ1n) is 5.86. The monoisotopic (exact) mass is 208 g/mol. The summed E-state index contributed by atoms with van der Waals surface area (Å²) in [6.45, 7) is 7.63. The van der Waals surface area contributed by atoms with Gasteiger partial charge in [-0.1, -0.05) is 19.1 Å². The molecule has 0 spiro atoms. The molecule has 0 atom stereocenters. The third-order valence-corrected chi connectivity index (χ3v) is 3.05. The van der Waals surface area contributed by atoms with Gasteiger partial charge in [0.15, 0.2) is 0 Å². The summed E-state index contributed by atoms with van der Waals surface area (Å²) < 4.78 is 2.01. The van der Waals surface area contributed by atoms with Gasteiger partial charge in [0.2, 0.25) is 0 Å². The third kappa shape index (κ3) is 2.78. The molecule has 0 bridgehead atoms. The minimum absolute atomic E-state index is 0.478. The molecule has 1 aliphatic rings. The lowest BCUT2D eigenvalue weighted by Crippen LogP contribution is -2.30. The molecule has 0 unspecified atom stereocenters. The van der Waals surface area contributed by atoms with Gasteiger partial charge in [-0.05, 0) is 37.8 Å². The Hall–Kier alpha value is -0.900. The first kappa shape index (κ1) is 10.6. The molecule has 0 amide bonds. The zero-order valence-corrected chi connectivity index (χ0v) is 9.61. The molecule has 2 heterocycles. The first-order valence-corrected chi connectivity index (χ1v) is 5.86. The minimum Gasteiger partial charge on any atom is -0.317 e. The fourth-order valence-electron chi connectivity index (χ4n) is 2.00. The van der Waals surface area contributed by atoms with Gasteiger partial charge in [0.1, 0.15) is 0 Å². The molecule has 4 heteroatoms. The Labute approximate surface area is 91.1 Å². The van der Waals surface area contributed by atoms with Crippen LogP contribution in [0, 0.1) is 5.92 Å². The fourth-order valence-corrected chi connectivity index (χ4v) is 2.00. The Balaban J connectivity index is 1.91. The second-order valence-corrected chi connectivity index (χ2v) is 4.71. The molecule has 1 saturated heterocycles. The number of aromatic nitrogens is 3. The number of piperidine rings is 1. The van der Waals surface area contributed by atoms with Gasteiger partial charge in [0, 0.05) is 12.7 Å². The van der Waals surface area contributed by atoms with E-state index in [1.54, 1.807) is 0 Å². The highest BCUT2D eigenvalue weighted by Gasteiger charge is 2.14. The molecule has 0 radical (unpaired) electrons. The van der Waals surface area contributed by atoms with Crippen LogP contribution in [0.5, 0.6) is 0 Å². The molecule has 84 valence electrons. The normalized spacial score (nSPS) is 18.6. The summed E-state index contributed by atoms with van der Waals surface area (Å²) in [5.41, 5.74) is 1.10. The topological polar surface area (TPSA) is 42.7 Å². The van der Waals surface area contributed by atoms with Gasteiger partial charge in [-0.2, -0.15) is 0 Å². The minimum atomic E-state index is 0.478. The molecule has 1 aromatic heterocycles. The van der Waals surface area contributed by atoms with Gasteiger partial charge in [-0.3, -0.25) is 4.68 Å². The van der Waals surface area contributed by atoms with E-state index in [1.165, 1.54) is 12.8 Å². The van der Waals surface area contributed by atoms with E-state index in [2.05, 4.69) is 35.7 Å². The molecule has 1 N–H and O–H groups in total. The summed E-state index contributed by atoms with van der Waals surface area (Å²) in [5, 5.41) is 11.7. The van der Waals surface area contributed by atoms with E-state index >= 15 is 0 Å². The maximum atomic E-state index is 4.18. The average molecular weight is 208 g/mol. The predicted octanol–water partition coefficient (Wildman–Crippen LogP) is 1.40. The lowest BCUT2D eigenvalue weighted by Gasteiger charge is -2.21. The first-order chi connectivity index (χ1) is 7.25. The Morgan fingerprint density at radius 2 is 2.20 bits per heavy atom. The van der Waals surface area contributed by atoms with Crippen molar-refractivity contribution in [2.24, 2.45) is 5.92 Å². The summed E-state index contributed by atoms with van der Waals surface area (Å²) in [6, 6.07) is 0. The van der Waals surface area contributed by atoms with Crippen molar-refractivity contribution in [1.82, 2.24) is 20.3 Å². The summed E-state index contributed by atoms with van der Waals surface area (Å²) in [7, 11) is 0. The Morgan fingerprint density at radius 1 is 1.47 bits per heavy atom. The smallest absolute Gasteiger partial charge is 0.0852 e. The molecular formula is C11H20N4. The van der Waals surface area contributed by atoms with Crippen molar-refractivity contribution in [3.8, 4) is 0 Å². The van der Waals surface area contributed by atoms with Crippen molar-refractivity contribution < 1.29 is 0 Å². The van der Waals surface area contributed by atoms with E-state index in [1.807, 2.05) is 4.68 Å². The van der Waals surface area contributed by atoms with Crippen LogP contribution in [0.2, 0.25) is 0 Å². The summed E-state index contributed by atoms with van der Waals surface area (Å²) in [6.07, 6.45) is 4.61. The van der Waals surface area contributed by atoms with Crippen LogP contribution in [-0.2, 0) is 6.54 Å². The third-order valence-electron chi connectivity index (χ3n) is 3.05. The molecule has 1 aromatic rings. The van der Waals surface area contributed by atoms with Crippen LogP contribution >= 0.6 is 0 Å². The van der Waals surface area contributed by atoms with E-state index in [0.29, 0.717) is 5.92 Å². The fraction of sp³-hybridized carbons (Fsp3) is 0.818. The highest BCUT2D eigenvalue weighted by molar-refractivity contribution is 4.98. The van der Waals surface area contributed by atoms with Crippen LogP contribution < -0.4 is 5.32 Å². The second kappa shape index (κ2) is 4.75. The van der Waals surface area contributed by atoms with Gasteiger partial charge in [0.05, 0.1) is 5.69 Å². The Morgan fingerprint density at radius 3 is 2.80 bits per heavy atom. The van der Waals surface area contributed by atoms with Gasteiger partial charge in [0.25, 0.3) is 0 Å². The van der Waals surface area contributed by atoms with Crippen LogP contribution in [0.15, 0.2) is 6.20 Å². The lowest BCUT2D eigenvalue weighted by atomic mass is 9.98. The van der Waals surface area contributed by atoms with Crippen LogP contribution in [-0.4, -0.2) is 28.1 Å². The predicted molar refractivity (Wildman–Crippen MR) is 59.7 cm³/mol. The highest BCUT2D eigenvalue weighted by Crippen LogP contribution is 2.15. The number of nitrogens with zero attached hydrogens (tertiary/aromatic N) is 3. The van der Waals surface area contributed by atoms with Gasteiger partial charge in [-0.15, -0.1) is 5.10 Å². The molecule has 1 aliphatic heterocycles. The summed E-state index contributed by atoms with van der Waals surface area (Å²) in [4.78, 5) is 0. The van der Waals surface area contributed by atoms with Crippen LogP contribution in [0.4, 0.5) is 0 Å². The molecule has 1 fully saturated rings. The number of hydrogen-bond acceptors (Lipinski definition) is 3. The number of rotatable bonds is 3. The molecule has 4 nitrogen and oxygen atoms in total. The Bertz CT molecular complexity index is 299. The van der Waals surface area contributed by atoms with E-state index < -0.39 is 0 Å². The SMILES string of the molecule is CC(C)c1cn(CC2CCNCC2)nn1. The standard InChI is InChI=1S/C11H20N4/c1-9(2)11-8-15(14-13-11)7-10-3-5-12-6-4-10/h8-10,12H,3-7H2,1-2H3. The molecule has 15 heavy (non-hydrogen) atoms. The van der Waals surface area contributed by atoms with Crippen molar-refractivity contribution >= 4 is 0 Å². The van der Waals surface area contributed by atoms with Crippen LogP contribution in [0.25, 0.3) is 0 Å². The molecule has 0 aromatic carbocycles. The zero-order chi connectivity index (χ0) is 10.7. The average Bonchev–Trinajstić information content (AvgIpc) is 2.68. The molecular weight excluding hydrogens is 188 g/mol. The molecule has 0 aliphatic carbocycles. The van der Waals surface area contributed by atoms with E-state index in [9.17, 15) is 0 Å². The second-order valence-electron chi connectivity index (χ2n) is 4.71.